The number of aliphatic hydroxyl groups is 3. The number of nitrogens with zero attached hydrogens (tertiary/aromatic N) is 1. The zero-order valence-electron chi connectivity index (χ0n) is 21.1. The highest BCUT2D eigenvalue weighted by molar-refractivity contribution is 6.24. The number of hydrogen-bond donors (Lipinski definition) is 6. The van der Waals surface area contributed by atoms with Crippen LogP contribution in [0.3, 0.4) is 0 Å². The van der Waals surface area contributed by atoms with Crippen molar-refractivity contribution in [1.82, 2.24) is 0 Å². The van der Waals surface area contributed by atoms with E-state index < -0.39 is 63.7 Å². The number of allylic oxidation sites excluding steroid dienone is 2. The SMILES string of the molecule is CN(C)c1cc(-c2ccc(C(=O)O)cc2)c(O)c2c1C[C@H]1C[C@H]3CC(O)=C(C(N)=O)C(=O)[C@@]3(O)C(O)=C1C2=O. The van der Waals surface area contributed by atoms with Crippen LogP contribution in [0.2, 0.25) is 0 Å². The minimum absolute atomic E-state index is 0.0367. The molecule has 0 radical (unpaired) electrons. The zero-order valence-corrected chi connectivity index (χ0v) is 21.1. The summed E-state index contributed by atoms with van der Waals surface area (Å²) < 4.78 is 0. The molecule has 0 bridgehead atoms. The molecule has 2 aromatic rings. The van der Waals surface area contributed by atoms with Crippen LogP contribution in [0, 0.1) is 11.8 Å². The number of anilines is 1. The smallest absolute Gasteiger partial charge is 0.335 e. The summed E-state index contributed by atoms with van der Waals surface area (Å²) in [4.78, 5) is 51.9. The average Bonchev–Trinajstić information content (AvgIpc) is 2.86. The highest BCUT2D eigenvalue weighted by Crippen LogP contribution is 2.53. The number of nitrogens with two attached hydrogens (primary N) is 1. The van der Waals surface area contributed by atoms with E-state index in [9.17, 15) is 44.7 Å². The molecule has 3 atom stereocenters. The Balaban J connectivity index is 1.70. The number of carboxylic acids is 1. The number of benzene rings is 2. The second kappa shape index (κ2) is 8.70. The number of phenols is 1. The number of aliphatic hydroxyl groups excluding tert-OH is 2. The van der Waals surface area contributed by atoms with Crippen LogP contribution in [0.5, 0.6) is 5.75 Å². The van der Waals surface area contributed by atoms with Crippen molar-refractivity contribution in [3.05, 3.63) is 69.7 Å². The summed E-state index contributed by atoms with van der Waals surface area (Å²) in [5.74, 6) is -8.02. The molecule has 0 saturated carbocycles. The first kappa shape index (κ1) is 26.0. The number of fused-ring (bicyclic) bond motifs is 3. The molecule has 2 aromatic carbocycles. The molecule has 202 valence electrons. The third kappa shape index (κ3) is 3.61. The summed E-state index contributed by atoms with van der Waals surface area (Å²) in [5.41, 5.74) is 3.22. The number of Topliss-reactive ketones (excluding diaryl/α,β-unsaturated/α-hetero) is 2. The molecule has 39 heavy (non-hydrogen) atoms. The first-order valence-corrected chi connectivity index (χ1v) is 12.2. The number of aromatic carboxylic acids is 1. The molecule has 7 N–H and O–H groups in total. The van der Waals surface area contributed by atoms with E-state index in [0.29, 0.717) is 16.8 Å². The summed E-state index contributed by atoms with van der Waals surface area (Å²) in [6, 6.07) is 7.40. The Morgan fingerprint density at radius 2 is 1.69 bits per heavy atom. The normalized spacial score (nSPS) is 24.2. The number of hydrogen-bond acceptors (Lipinski definition) is 9. The lowest BCUT2D eigenvalue weighted by Crippen LogP contribution is -2.57. The number of amides is 1. The minimum atomic E-state index is -2.64. The molecule has 0 heterocycles. The van der Waals surface area contributed by atoms with Gasteiger partial charge in [-0.25, -0.2) is 4.79 Å². The molecular formula is C28H26N2O9. The summed E-state index contributed by atoms with van der Waals surface area (Å²) in [6.45, 7) is 0. The average molecular weight is 535 g/mol. The molecule has 1 amide bonds. The van der Waals surface area contributed by atoms with Gasteiger partial charge in [0.1, 0.15) is 22.8 Å². The molecule has 0 unspecified atom stereocenters. The van der Waals surface area contributed by atoms with Gasteiger partial charge >= 0.3 is 5.97 Å². The van der Waals surface area contributed by atoms with Gasteiger partial charge in [0.15, 0.2) is 11.4 Å². The van der Waals surface area contributed by atoms with Gasteiger partial charge in [0.2, 0.25) is 5.78 Å². The fraction of sp³-hybridized carbons (Fsp3) is 0.286. The monoisotopic (exact) mass is 534 g/mol. The van der Waals surface area contributed by atoms with Crippen molar-refractivity contribution in [3.8, 4) is 16.9 Å². The summed E-state index contributed by atoms with van der Waals surface area (Å²) in [6.07, 6.45) is -0.0882. The number of primary amides is 1. The fourth-order valence-electron chi connectivity index (χ4n) is 6.08. The molecule has 0 aliphatic heterocycles. The van der Waals surface area contributed by atoms with Crippen LogP contribution < -0.4 is 10.6 Å². The number of aromatic hydroxyl groups is 1. The highest BCUT2D eigenvalue weighted by atomic mass is 16.4. The molecule has 0 aromatic heterocycles. The van der Waals surface area contributed by atoms with Crippen molar-refractivity contribution in [2.45, 2.75) is 24.9 Å². The van der Waals surface area contributed by atoms with Gasteiger partial charge in [0, 0.05) is 43.3 Å². The fourth-order valence-corrected chi connectivity index (χ4v) is 6.08. The van der Waals surface area contributed by atoms with E-state index in [-0.39, 0.29) is 41.5 Å². The topological polar surface area (TPSA) is 199 Å². The van der Waals surface area contributed by atoms with Gasteiger partial charge in [-0.2, -0.15) is 0 Å². The van der Waals surface area contributed by atoms with Gasteiger partial charge in [0.05, 0.1) is 11.1 Å². The zero-order chi connectivity index (χ0) is 28.5. The molecule has 11 nitrogen and oxygen atoms in total. The van der Waals surface area contributed by atoms with Gasteiger partial charge < -0.3 is 36.2 Å². The Labute approximate surface area is 222 Å². The number of carboxylic acid groups (broad SMARTS) is 1. The van der Waals surface area contributed by atoms with E-state index in [1.54, 1.807) is 25.1 Å². The molecule has 11 heteroatoms. The maximum atomic E-state index is 13.9. The van der Waals surface area contributed by atoms with Crippen molar-refractivity contribution in [2.24, 2.45) is 17.6 Å². The molecule has 0 spiro atoms. The van der Waals surface area contributed by atoms with Gasteiger partial charge in [-0.05, 0) is 48.1 Å². The predicted molar refractivity (Wildman–Crippen MR) is 138 cm³/mol. The van der Waals surface area contributed by atoms with Gasteiger partial charge in [-0.3, -0.25) is 14.4 Å². The van der Waals surface area contributed by atoms with Crippen LogP contribution in [0.1, 0.15) is 39.1 Å². The first-order chi connectivity index (χ1) is 18.3. The summed E-state index contributed by atoms with van der Waals surface area (Å²) >= 11 is 0. The van der Waals surface area contributed by atoms with Crippen molar-refractivity contribution in [1.29, 1.82) is 0 Å². The Bertz CT molecular complexity index is 1550. The van der Waals surface area contributed by atoms with Crippen molar-refractivity contribution < 1.29 is 44.7 Å². The lowest BCUT2D eigenvalue weighted by Gasteiger charge is -2.46. The van der Waals surface area contributed by atoms with Crippen LogP contribution in [0.15, 0.2) is 53.0 Å². The second-order valence-electron chi connectivity index (χ2n) is 10.3. The number of carbonyl (C=O) groups excluding carboxylic acids is 3. The third-order valence-electron chi connectivity index (χ3n) is 7.96. The minimum Gasteiger partial charge on any atom is -0.511 e. The molecule has 0 saturated heterocycles. The van der Waals surface area contributed by atoms with Crippen LogP contribution in [0.25, 0.3) is 11.1 Å². The first-order valence-electron chi connectivity index (χ1n) is 12.2. The lowest BCUT2D eigenvalue weighted by atomic mass is 9.60. The Morgan fingerprint density at radius 3 is 2.26 bits per heavy atom. The van der Waals surface area contributed by atoms with Crippen LogP contribution in [-0.2, 0) is 16.0 Å². The highest BCUT2D eigenvalue weighted by Gasteiger charge is 2.59. The second-order valence-corrected chi connectivity index (χ2v) is 10.3. The summed E-state index contributed by atoms with van der Waals surface area (Å²) in [7, 11) is 3.51. The number of rotatable bonds is 4. The molecule has 3 aliphatic carbocycles. The van der Waals surface area contributed by atoms with E-state index in [1.807, 2.05) is 0 Å². The van der Waals surface area contributed by atoms with Crippen LogP contribution in [-0.4, -0.2) is 68.7 Å². The van der Waals surface area contributed by atoms with E-state index in [1.165, 1.54) is 24.3 Å². The molecule has 0 fully saturated rings. The Hall–Kier alpha value is -4.64. The maximum Gasteiger partial charge on any atom is 0.335 e. The Morgan fingerprint density at radius 1 is 1.05 bits per heavy atom. The summed E-state index contributed by atoms with van der Waals surface area (Å²) in [5, 5.41) is 53.5. The molecular weight excluding hydrogens is 508 g/mol. The van der Waals surface area contributed by atoms with E-state index >= 15 is 0 Å². The van der Waals surface area contributed by atoms with E-state index in [4.69, 9.17) is 5.73 Å². The van der Waals surface area contributed by atoms with E-state index in [0.717, 1.165) is 0 Å². The maximum absolute atomic E-state index is 13.9. The standard InChI is InChI=1S/C28H26N2O9/c1-30(2)17-10-15(11-3-5-12(6-4-11)27(37)38)22(32)20-16(17)8-13-7-14-9-18(31)21(26(29)36)25(35)28(14,39)24(34)19(13)23(20)33/h3-6,10,13-14,31-32,34,39H,7-9H2,1-2H3,(H2,29,36)(H,37,38)/t13-,14+,28+/m1/s1. The molecule has 3 aliphatic rings. The van der Waals surface area contributed by atoms with Gasteiger partial charge in [-0.15, -0.1) is 0 Å². The number of ketones is 2. The predicted octanol–water partition coefficient (Wildman–Crippen LogP) is 2.01. The van der Waals surface area contributed by atoms with Gasteiger partial charge in [0.25, 0.3) is 5.91 Å². The number of phenolic OH excluding ortho intramolecular Hbond substituents is 1. The van der Waals surface area contributed by atoms with E-state index in [2.05, 4.69) is 0 Å². The van der Waals surface area contributed by atoms with Crippen LogP contribution >= 0.6 is 0 Å². The van der Waals surface area contributed by atoms with Crippen molar-refractivity contribution >= 4 is 29.1 Å². The largest absolute Gasteiger partial charge is 0.511 e. The van der Waals surface area contributed by atoms with Crippen molar-refractivity contribution in [3.63, 3.8) is 0 Å². The lowest BCUT2D eigenvalue weighted by molar-refractivity contribution is -0.144. The third-order valence-corrected chi connectivity index (χ3v) is 7.96. The van der Waals surface area contributed by atoms with Crippen molar-refractivity contribution in [2.75, 3.05) is 19.0 Å². The Kier molecular flexibility index (Phi) is 5.80. The van der Waals surface area contributed by atoms with Crippen LogP contribution in [0.4, 0.5) is 5.69 Å². The number of carbonyl (C=O) groups is 4. The van der Waals surface area contributed by atoms with Gasteiger partial charge in [-0.1, -0.05) is 12.1 Å². The molecule has 5 rings (SSSR count). The quantitative estimate of drug-likeness (QED) is 0.315.